The molecule has 0 fully saturated rings. The lowest BCUT2D eigenvalue weighted by molar-refractivity contribution is 0.590. The molecule has 226 valence electrons. The number of hydrogen-bond donors (Lipinski definition) is 1. The molecule has 0 aliphatic rings. The summed E-state index contributed by atoms with van der Waals surface area (Å²) in [4.78, 5) is 0. The van der Waals surface area contributed by atoms with Gasteiger partial charge in [0.25, 0.3) is 0 Å². The lowest BCUT2D eigenvalue weighted by atomic mass is 9.82. The van der Waals surface area contributed by atoms with Crippen molar-refractivity contribution in [3.63, 3.8) is 0 Å². The summed E-state index contributed by atoms with van der Waals surface area (Å²) in [5.41, 5.74) is 18.7. The Balaban J connectivity index is 1.46. The van der Waals surface area contributed by atoms with E-state index in [-0.39, 0.29) is 5.41 Å². The molecule has 1 heteroatoms. The van der Waals surface area contributed by atoms with E-state index in [4.69, 9.17) is 5.73 Å². The number of rotatable bonds is 7. The van der Waals surface area contributed by atoms with Crippen LogP contribution < -0.4 is 5.73 Å². The van der Waals surface area contributed by atoms with E-state index in [0.29, 0.717) is 0 Å². The zero-order chi connectivity index (χ0) is 32.4. The van der Waals surface area contributed by atoms with Crippen LogP contribution in [0.5, 0.6) is 0 Å². The molecule has 0 radical (unpaired) electrons. The van der Waals surface area contributed by atoms with Gasteiger partial charge in [0.05, 0.1) is 0 Å². The van der Waals surface area contributed by atoms with E-state index in [2.05, 4.69) is 143 Å². The smallest absolute Gasteiger partial charge is 0.00174 e. The minimum atomic E-state index is 0.0949. The fourth-order valence-electron chi connectivity index (χ4n) is 6.53. The highest BCUT2D eigenvalue weighted by Crippen LogP contribution is 2.44. The Morgan fingerprint density at radius 1 is 0.609 bits per heavy atom. The average molecular weight is 596 g/mol. The van der Waals surface area contributed by atoms with E-state index in [1.165, 1.54) is 60.5 Å². The van der Waals surface area contributed by atoms with Crippen molar-refractivity contribution in [1.82, 2.24) is 0 Å². The SMILES string of the molecule is C=Cc1c(C=C)c(-c2ccc3cc(-c4ccc(C(/C=C\C)=C/N)cc4)ccc3c2)c2ccccc2c1-c1ccc(C(C)(C)C)cc1. The molecule has 0 saturated heterocycles. The van der Waals surface area contributed by atoms with Crippen molar-refractivity contribution in [3.8, 4) is 33.4 Å². The molecule has 6 aromatic carbocycles. The van der Waals surface area contributed by atoms with E-state index >= 15 is 0 Å². The molecular weight excluding hydrogens is 555 g/mol. The zero-order valence-electron chi connectivity index (χ0n) is 27.3. The van der Waals surface area contributed by atoms with Crippen molar-refractivity contribution in [2.75, 3.05) is 0 Å². The van der Waals surface area contributed by atoms with E-state index in [1.54, 1.807) is 6.20 Å². The first-order valence-corrected chi connectivity index (χ1v) is 15.9. The number of benzene rings is 6. The summed E-state index contributed by atoms with van der Waals surface area (Å²) in [7, 11) is 0. The van der Waals surface area contributed by atoms with Crippen molar-refractivity contribution in [1.29, 1.82) is 0 Å². The van der Waals surface area contributed by atoms with Crippen molar-refractivity contribution in [3.05, 3.63) is 163 Å². The van der Waals surface area contributed by atoms with Gasteiger partial charge in [-0.05, 0) is 107 Å². The van der Waals surface area contributed by atoms with Crippen LogP contribution in [0.2, 0.25) is 0 Å². The van der Waals surface area contributed by atoms with Gasteiger partial charge in [-0.2, -0.15) is 0 Å². The second-order valence-corrected chi connectivity index (χ2v) is 12.8. The van der Waals surface area contributed by atoms with Gasteiger partial charge in [-0.15, -0.1) is 0 Å². The van der Waals surface area contributed by atoms with Crippen LogP contribution in [0.1, 0.15) is 49.9 Å². The van der Waals surface area contributed by atoms with Crippen LogP contribution >= 0.6 is 0 Å². The van der Waals surface area contributed by atoms with Gasteiger partial charge < -0.3 is 5.73 Å². The molecule has 0 saturated carbocycles. The normalized spacial score (nSPS) is 12.2. The van der Waals surface area contributed by atoms with Gasteiger partial charge in [0.2, 0.25) is 0 Å². The van der Waals surface area contributed by atoms with Gasteiger partial charge in [0, 0.05) is 6.20 Å². The molecule has 2 N–H and O–H groups in total. The minimum Gasteiger partial charge on any atom is -0.404 e. The fourth-order valence-corrected chi connectivity index (χ4v) is 6.53. The lowest BCUT2D eigenvalue weighted by Gasteiger charge is -2.22. The lowest BCUT2D eigenvalue weighted by Crippen LogP contribution is -2.10. The van der Waals surface area contributed by atoms with E-state index in [0.717, 1.165) is 22.3 Å². The summed E-state index contributed by atoms with van der Waals surface area (Å²) in [6.45, 7) is 17.3. The maximum Gasteiger partial charge on any atom is 0.00174 e. The van der Waals surface area contributed by atoms with Crippen molar-refractivity contribution in [2.45, 2.75) is 33.1 Å². The maximum absolute atomic E-state index is 5.85. The van der Waals surface area contributed by atoms with Crippen LogP contribution in [-0.2, 0) is 5.41 Å². The first kappa shape index (κ1) is 30.6. The van der Waals surface area contributed by atoms with E-state index in [9.17, 15) is 0 Å². The number of allylic oxidation sites excluding steroid dienone is 3. The molecule has 0 bridgehead atoms. The van der Waals surface area contributed by atoms with Gasteiger partial charge in [0.15, 0.2) is 0 Å². The second-order valence-electron chi connectivity index (χ2n) is 12.8. The third-order valence-electron chi connectivity index (χ3n) is 8.95. The largest absolute Gasteiger partial charge is 0.404 e. The third kappa shape index (κ3) is 5.61. The minimum absolute atomic E-state index is 0.0949. The Labute approximate surface area is 273 Å². The van der Waals surface area contributed by atoms with Crippen LogP contribution in [0.4, 0.5) is 0 Å². The molecular formula is C45H41N. The molecule has 0 aliphatic heterocycles. The summed E-state index contributed by atoms with van der Waals surface area (Å²) in [5.74, 6) is 0. The molecule has 0 unspecified atom stereocenters. The Morgan fingerprint density at radius 3 is 1.63 bits per heavy atom. The number of nitrogens with two attached hydrogens (primary N) is 1. The fraction of sp³-hybridized carbons (Fsp3) is 0.111. The summed E-state index contributed by atoms with van der Waals surface area (Å²) in [5, 5.41) is 4.81. The quantitative estimate of drug-likeness (QED) is 0.183. The van der Waals surface area contributed by atoms with Crippen LogP contribution in [0, 0.1) is 0 Å². The molecule has 46 heavy (non-hydrogen) atoms. The standard InChI is InChI=1S/C45H41N/c1-7-12-37(29-46)31-17-15-30(16-18-31)33-19-20-35-28-36(22-21-34(35)27-33)44-40(9-3)39(8-2)43(41-13-10-11-14-42(41)44)32-23-25-38(26-24-32)45(4,5)6/h7-29H,2-3,46H2,1,4-6H3/b12-7-,37-29+. The summed E-state index contributed by atoms with van der Waals surface area (Å²) in [6, 6.07) is 39.8. The highest BCUT2D eigenvalue weighted by molar-refractivity contribution is 6.12. The third-order valence-corrected chi connectivity index (χ3v) is 8.95. The monoisotopic (exact) mass is 595 g/mol. The molecule has 0 spiro atoms. The molecule has 1 nitrogen and oxygen atoms in total. The summed E-state index contributed by atoms with van der Waals surface area (Å²) < 4.78 is 0. The highest BCUT2D eigenvalue weighted by Gasteiger charge is 2.20. The molecule has 0 heterocycles. The van der Waals surface area contributed by atoms with Crippen molar-refractivity contribution >= 4 is 39.3 Å². The molecule has 0 amide bonds. The molecule has 0 atom stereocenters. The second kappa shape index (κ2) is 12.5. The zero-order valence-corrected chi connectivity index (χ0v) is 27.3. The first-order chi connectivity index (χ1) is 22.3. The van der Waals surface area contributed by atoms with E-state index < -0.39 is 0 Å². The topological polar surface area (TPSA) is 26.0 Å². The van der Waals surface area contributed by atoms with Crippen LogP contribution in [-0.4, -0.2) is 0 Å². The Kier molecular flexibility index (Phi) is 8.35. The van der Waals surface area contributed by atoms with Crippen LogP contribution in [0.3, 0.4) is 0 Å². The predicted molar refractivity (Wildman–Crippen MR) is 204 cm³/mol. The summed E-state index contributed by atoms with van der Waals surface area (Å²) in [6.07, 6.45) is 9.66. The van der Waals surface area contributed by atoms with Crippen LogP contribution in [0.15, 0.2) is 141 Å². The molecule has 6 rings (SSSR count). The first-order valence-electron chi connectivity index (χ1n) is 15.9. The van der Waals surface area contributed by atoms with Gasteiger partial charge in [-0.1, -0.05) is 155 Å². The number of fused-ring (bicyclic) bond motifs is 2. The highest BCUT2D eigenvalue weighted by atomic mass is 14.5. The van der Waals surface area contributed by atoms with Crippen LogP contribution in [0.25, 0.3) is 72.7 Å². The van der Waals surface area contributed by atoms with Gasteiger partial charge in [-0.25, -0.2) is 0 Å². The van der Waals surface area contributed by atoms with Gasteiger partial charge in [-0.3, -0.25) is 0 Å². The molecule has 0 aliphatic carbocycles. The maximum atomic E-state index is 5.85. The Morgan fingerprint density at radius 2 is 1.11 bits per heavy atom. The van der Waals surface area contributed by atoms with Crippen molar-refractivity contribution < 1.29 is 0 Å². The molecule has 0 aromatic heterocycles. The summed E-state index contributed by atoms with van der Waals surface area (Å²) >= 11 is 0. The Bertz CT molecular complexity index is 2150. The van der Waals surface area contributed by atoms with E-state index in [1.807, 2.05) is 31.2 Å². The predicted octanol–water partition coefficient (Wildman–Crippen LogP) is 12.5. The van der Waals surface area contributed by atoms with Gasteiger partial charge in [0.1, 0.15) is 0 Å². The van der Waals surface area contributed by atoms with Crippen molar-refractivity contribution in [2.24, 2.45) is 5.73 Å². The average Bonchev–Trinajstić information content (AvgIpc) is 3.08. The number of hydrogen-bond acceptors (Lipinski definition) is 1. The van der Waals surface area contributed by atoms with Gasteiger partial charge >= 0.3 is 0 Å². The Hall–Kier alpha value is -5.40. The molecule has 6 aromatic rings.